The van der Waals surface area contributed by atoms with Gasteiger partial charge in [0, 0.05) is 37.6 Å². The number of nitrogens with two attached hydrogens (primary N) is 1. The maximum atomic E-state index is 13.1. The lowest BCUT2D eigenvalue weighted by atomic mass is 9.75. The molecule has 2 saturated heterocycles. The largest absolute Gasteiger partial charge is 0.447 e. The first-order valence-corrected chi connectivity index (χ1v) is 11.4. The van der Waals surface area contributed by atoms with Crippen LogP contribution in [0.15, 0.2) is 0 Å². The molecular formula is C21H37N5O3. The van der Waals surface area contributed by atoms with Crippen LogP contribution < -0.4 is 16.4 Å². The summed E-state index contributed by atoms with van der Waals surface area (Å²) < 4.78 is 5.58. The van der Waals surface area contributed by atoms with Crippen molar-refractivity contribution in [1.82, 2.24) is 20.4 Å². The van der Waals surface area contributed by atoms with E-state index in [1.54, 1.807) is 0 Å². The Hall–Kier alpha value is -1.38. The fourth-order valence-electron chi connectivity index (χ4n) is 5.46. The lowest BCUT2D eigenvalue weighted by Crippen LogP contribution is -2.69. The van der Waals surface area contributed by atoms with Gasteiger partial charge in [-0.2, -0.15) is 0 Å². The smallest absolute Gasteiger partial charge is 0.410 e. The van der Waals surface area contributed by atoms with Gasteiger partial charge in [0.05, 0.1) is 24.4 Å². The summed E-state index contributed by atoms with van der Waals surface area (Å²) in [5.74, 6) is 0.957. The van der Waals surface area contributed by atoms with E-state index in [1.807, 2.05) is 18.7 Å². The van der Waals surface area contributed by atoms with Crippen molar-refractivity contribution in [2.75, 3.05) is 19.6 Å². The van der Waals surface area contributed by atoms with Gasteiger partial charge in [-0.3, -0.25) is 10.1 Å². The third-order valence-electron chi connectivity index (χ3n) is 7.04. The van der Waals surface area contributed by atoms with Crippen molar-refractivity contribution >= 4 is 12.0 Å². The molecule has 164 valence electrons. The second kappa shape index (κ2) is 8.40. The molecule has 0 bridgehead atoms. The highest BCUT2D eigenvalue weighted by molar-refractivity contribution is 5.82. The zero-order chi connectivity index (χ0) is 20.7. The van der Waals surface area contributed by atoms with Gasteiger partial charge in [0.15, 0.2) is 0 Å². The van der Waals surface area contributed by atoms with Gasteiger partial charge in [-0.25, -0.2) is 4.79 Å². The summed E-state index contributed by atoms with van der Waals surface area (Å²) in [5, 5.41) is 6.94. The van der Waals surface area contributed by atoms with E-state index in [1.165, 1.54) is 0 Å². The second-order valence-corrected chi connectivity index (χ2v) is 9.69. The fourth-order valence-corrected chi connectivity index (χ4v) is 5.46. The number of fused-ring (bicyclic) bond motifs is 1. The van der Waals surface area contributed by atoms with Crippen molar-refractivity contribution in [3.05, 3.63) is 0 Å². The normalized spacial score (nSPS) is 38.0. The van der Waals surface area contributed by atoms with Crippen LogP contribution in [0, 0.1) is 11.8 Å². The van der Waals surface area contributed by atoms with Crippen LogP contribution in [0.4, 0.5) is 4.79 Å². The molecule has 2 aliphatic carbocycles. The molecule has 5 unspecified atom stereocenters. The zero-order valence-electron chi connectivity index (χ0n) is 18.0. The van der Waals surface area contributed by atoms with Crippen molar-refractivity contribution in [2.24, 2.45) is 17.6 Å². The average Bonchev–Trinajstić information content (AvgIpc) is 3.52. The molecule has 2 heterocycles. The SMILES string of the molecule is CC(C)OC(=O)N1C[C@H](C)N(C(=O)C2CC2)C2CCC(C3CNC(N)CN3)CC21. The van der Waals surface area contributed by atoms with E-state index in [0.717, 1.165) is 45.2 Å². The maximum Gasteiger partial charge on any atom is 0.410 e. The number of carbonyl (C=O) groups is 2. The number of carbonyl (C=O) groups excluding carboxylic acids is 2. The molecule has 4 rings (SSSR count). The van der Waals surface area contributed by atoms with Crippen LogP contribution in [0.1, 0.15) is 52.9 Å². The molecule has 0 aromatic carbocycles. The number of amides is 2. The first-order valence-electron chi connectivity index (χ1n) is 11.4. The van der Waals surface area contributed by atoms with Crippen LogP contribution in [0.2, 0.25) is 0 Å². The third kappa shape index (κ3) is 4.39. The molecule has 8 nitrogen and oxygen atoms in total. The highest BCUT2D eigenvalue weighted by Crippen LogP contribution is 2.40. The van der Waals surface area contributed by atoms with Gasteiger partial charge in [0.25, 0.3) is 0 Å². The number of nitrogens with zero attached hydrogens (tertiary/aromatic N) is 2. The molecule has 0 aromatic heterocycles. The number of piperazine rings is 2. The van der Waals surface area contributed by atoms with Crippen LogP contribution in [-0.4, -0.2) is 77.9 Å². The van der Waals surface area contributed by atoms with E-state index < -0.39 is 0 Å². The van der Waals surface area contributed by atoms with Crippen LogP contribution >= 0.6 is 0 Å². The summed E-state index contributed by atoms with van der Waals surface area (Å²) in [6.45, 7) is 8.01. The van der Waals surface area contributed by atoms with Crippen molar-refractivity contribution in [3.63, 3.8) is 0 Å². The molecule has 0 aromatic rings. The highest BCUT2D eigenvalue weighted by Gasteiger charge is 2.50. The van der Waals surface area contributed by atoms with Crippen LogP contribution in [0.3, 0.4) is 0 Å². The van der Waals surface area contributed by atoms with E-state index in [9.17, 15) is 9.59 Å². The minimum Gasteiger partial charge on any atom is -0.447 e. The molecule has 29 heavy (non-hydrogen) atoms. The minimum atomic E-state index is -0.238. The van der Waals surface area contributed by atoms with E-state index in [2.05, 4.69) is 22.5 Å². The molecule has 0 spiro atoms. The zero-order valence-corrected chi connectivity index (χ0v) is 18.0. The third-order valence-corrected chi connectivity index (χ3v) is 7.04. The predicted molar refractivity (Wildman–Crippen MR) is 110 cm³/mol. The first-order chi connectivity index (χ1) is 13.8. The standard InChI is InChI=1S/C21H37N5O3/c1-12(2)29-21(28)25-11-13(3)26(20(27)14-4-5-14)17-7-6-15(8-18(17)25)16-9-24-19(22)10-23-16/h12-19,23-24H,4-11,22H2,1-3H3/t13-,15?,16?,17?,18?,19?/m0/s1. The molecule has 0 radical (unpaired) electrons. The van der Waals surface area contributed by atoms with Gasteiger partial charge in [-0.05, 0) is 58.8 Å². The number of hydrogen-bond donors (Lipinski definition) is 3. The average molecular weight is 408 g/mol. The molecule has 2 amide bonds. The van der Waals surface area contributed by atoms with Gasteiger partial charge in [0.1, 0.15) is 0 Å². The summed E-state index contributed by atoms with van der Waals surface area (Å²) >= 11 is 0. The monoisotopic (exact) mass is 407 g/mol. The Labute approximate surface area is 173 Å². The number of hydrogen-bond acceptors (Lipinski definition) is 6. The summed E-state index contributed by atoms with van der Waals surface area (Å²) in [6.07, 6.45) is 4.54. The summed E-state index contributed by atoms with van der Waals surface area (Å²) in [5.41, 5.74) is 5.95. The summed E-state index contributed by atoms with van der Waals surface area (Å²) in [7, 11) is 0. The van der Waals surface area contributed by atoms with Gasteiger partial charge < -0.3 is 25.6 Å². The molecule has 4 aliphatic rings. The first kappa shape index (κ1) is 20.9. The number of ether oxygens (including phenoxy) is 1. The van der Waals surface area contributed by atoms with Crippen LogP contribution in [0.25, 0.3) is 0 Å². The Bertz CT molecular complexity index is 617. The molecule has 4 fully saturated rings. The van der Waals surface area contributed by atoms with E-state index >= 15 is 0 Å². The Kier molecular flexibility index (Phi) is 6.04. The van der Waals surface area contributed by atoms with Gasteiger partial charge in [0.2, 0.25) is 5.91 Å². The van der Waals surface area contributed by atoms with E-state index in [-0.39, 0.29) is 42.4 Å². The Morgan fingerprint density at radius 1 is 1.07 bits per heavy atom. The van der Waals surface area contributed by atoms with E-state index in [0.29, 0.717) is 24.4 Å². The Balaban J connectivity index is 1.53. The molecule has 2 aliphatic heterocycles. The summed E-state index contributed by atoms with van der Waals surface area (Å²) in [6, 6.07) is 0.511. The van der Waals surface area contributed by atoms with Crippen molar-refractivity contribution in [1.29, 1.82) is 0 Å². The minimum absolute atomic E-state index is 0.00212. The molecule has 8 heteroatoms. The molecule has 2 saturated carbocycles. The lowest BCUT2D eigenvalue weighted by Gasteiger charge is -2.54. The quantitative estimate of drug-likeness (QED) is 0.642. The molecule has 4 N–H and O–H groups in total. The number of nitrogens with one attached hydrogen (secondary N) is 2. The van der Waals surface area contributed by atoms with Crippen molar-refractivity contribution < 1.29 is 14.3 Å². The van der Waals surface area contributed by atoms with Gasteiger partial charge >= 0.3 is 6.09 Å². The predicted octanol–water partition coefficient (Wildman–Crippen LogP) is 0.858. The topological polar surface area (TPSA) is 99.9 Å². The lowest BCUT2D eigenvalue weighted by molar-refractivity contribution is -0.146. The van der Waals surface area contributed by atoms with Crippen LogP contribution in [-0.2, 0) is 9.53 Å². The van der Waals surface area contributed by atoms with Gasteiger partial charge in [-0.15, -0.1) is 0 Å². The van der Waals surface area contributed by atoms with E-state index in [4.69, 9.17) is 10.5 Å². The maximum absolute atomic E-state index is 13.1. The molecule has 6 atom stereocenters. The Morgan fingerprint density at radius 2 is 1.83 bits per heavy atom. The number of rotatable bonds is 3. The fraction of sp³-hybridized carbons (Fsp3) is 0.905. The van der Waals surface area contributed by atoms with Crippen molar-refractivity contribution in [3.8, 4) is 0 Å². The summed E-state index contributed by atoms with van der Waals surface area (Å²) in [4.78, 5) is 30.0. The van der Waals surface area contributed by atoms with Crippen LogP contribution in [0.5, 0.6) is 0 Å². The second-order valence-electron chi connectivity index (χ2n) is 9.69. The van der Waals surface area contributed by atoms with Gasteiger partial charge in [-0.1, -0.05) is 0 Å². The highest BCUT2D eigenvalue weighted by atomic mass is 16.6. The Morgan fingerprint density at radius 3 is 2.45 bits per heavy atom. The molecular weight excluding hydrogens is 370 g/mol. The van der Waals surface area contributed by atoms with Crippen molar-refractivity contribution in [2.45, 2.75) is 89.3 Å².